The van der Waals surface area contributed by atoms with Crippen molar-refractivity contribution >= 4 is 5.91 Å². The van der Waals surface area contributed by atoms with Crippen molar-refractivity contribution < 1.29 is 9.53 Å². The lowest BCUT2D eigenvalue weighted by Crippen LogP contribution is -2.25. The van der Waals surface area contributed by atoms with Crippen molar-refractivity contribution in [2.24, 2.45) is 0 Å². The Labute approximate surface area is 96.9 Å². The first-order valence-electron chi connectivity index (χ1n) is 5.29. The van der Waals surface area contributed by atoms with Gasteiger partial charge in [0.05, 0.1) is 6.61 Å². The number of ether oxygens (including phenoxy) is 1. The molecule has 0 aliphatic heterocycles. The Morgan fingerprint density at radius 3 is 2.62 bits per heavy atom. The highest BCUT2D eigenvalue weighted by molar-refractivity contribution is 5.76. The molecular formula is C11H21N3O2. The minimum absolute atomic E-state index is 0.0783. The highest BCUT2D eigenvalue weighted by Crippen LogP contribution is 1.91. The number of amides is 1. The molecule has 0 aromatic rings. The van der Waals surface area contributed by atoms with Crippen LogP contribution in [0.3, 0.4) is 0 Å². The van der Waals surface area contributed by atoms with Crippen LogP contribution in [0.1, 0.15) is 6.92 Å². The zero-order valence-electron chi connectivity index (χ0n) is 10.2. The highest BCUT2D eigenvalue weighted by atomic mass is 16.5. The molecular weight excluding hydrogens is 206 g/mol. The fraction of sp³-hybridized carbons (Fsp3) is 0.545. The monoisotopic (exact) mass is 227 g/mol. The van der Waals surface area contributed by atoms with Crippen molar-refractivity contribution in [3.8, 4) is 0 Å². The van der Waals surface area contributed by atoms with Crippen molar-refractivity contribution in [2.45, 2.75) is 6.92 Å². The van der Waals surface area contributed by atoms with Gasteiger partial charge in [-0.05, 0) is 25.3 Å². The molecule has 0 aromatic carbocycles. The van der Waals surface area contributed by atoms with Crippen molar-refractivity contribution in [1.82, 2.24) is 16.0 Å². The van der Waals surface area contributed by atoms with Crippen molar-refractivity contribution in [3.05, 3.63) is 24.0 Å². The number of carbonyl (C=O) groups is 1. The van der Waals surface area contributed by atoms with Gasteiger partial charge < -0.3 is 20.7 Å². The Balaban J connectivity index is 3.98. The molecule has 0 aromatic heterocycles. The maximum atomic E-state index is 10.9. The van der Waals surface area contributed by atoms with Gasteiger partial charge in [-0.25, -0.2) is 0 Å². The first-order chi connectivity index (χ1) is 7.74. The largest absolute Gasteiger partial charge is 0.394 e. The zero-order valence-corrected chi connectivity index (χ0v) is 10.2. The first kappa shape index (κ1) is 14.5. The van der Waals surface area contributed by atoms with Crippen LogP contribution in [-0.4, -0.2) is 39.8 Å². The maximum Gasteiger partial charge on any atom is 0.245 e. The Morgan fingerprint density at radius 1 is 1.31 bits per heavy atom. The van der Waals surface area contributed by atoms with Crippen molar-refractivity contribution in [3.63, 3.8) is 0 Å². The standard InChI is InChI=1S/C11H21N3O2/c1-4-14-10(6-5-7-12-2)8-16-9-11(15)13-3/h5-7,12,14H,4,8-9H2,1-3H3,(H,13,15)/b7-5-,10-6+. The average Bonchev–Trinajstić information content (AvgIpc) is 2.29. The third-order valence-electron chi connectivity index (χ3n) is 1.73. The molecule has 0 spiro atoms. The second kappa shape index (κ2) is 10.0. The summed E-state index contributed by atoms with van der Waals surface area (Å²) in [5, 5.41) is 8.54. The maximum absolute atomic E-state index is 10.9. The lowest BCUT2D eigenvalue weighted by atomic mass is 10.4. The van der Waals surface area contributed by atoms with E-state index in [0.29, 0.717) is 6.61 Å². The van der Waals surface area contributed by atoms with Crippen LogP contribution < -0.4 is 16.0 Å². The summed E-state index contributed by atoms with van der Waals surface area (Å²) >= 11 is 0. The van der Waals surface area contributed by atoms with E-state index in [1.165, 1.54) is 0 Å². The number of allylic oxidation sites excluding steroid dienone is 2. The molecule has 0 bridgehead atoms. The molecule has 0 radical (unpaired) electrons. The van der Waals surface area contributed by atoms with E-state index in [-0.39, 0.29) is 12.5 Å². The second-order valence-corrected chi connectivity index (χ2v) is 3.04. The molecule has 3 N–H and O–H groups in total. The van der Waals surface area contributed by atoms with Gasteiger partial charge in [0.25, 0.3) is 0 Å². The summed E-state index contributed by atoms with van der Waals surface area (Å²) in [6.45, 7) is 3.31. The Hall–Kier alpha value is -1.49. The van der Waals surface area contributed by atoms with Crippen LogP contribution in [0.15, 0.2) is 24.0 Å². The van der Waals surface area contributed by atoms with E-state index >= 15 is 0 Å². The molecule has 16 heavy (non-hydrogen) atoms. The number of carbonyl (C=O) groups excluding carboxylic acids is 1. The van der Waals surface area contributed by atoms with Crippen LogP contribution in [0.2, 0.25) is 0 Å². The molecule has 92 valence electrons. The smallest absolute Gasteiger partial charge is 0.245 e. The van der Waals surface area contributed by atoms with Gasteiger partial charge in [-0.3, -0.25) is 4.79 Å². The van der Waals surface area contributed by atoms with Gasteiger partial charge in [-0.15, -0.1) is 0 Å². The highest BCUT2D eigenvalue weighted by Gasteiger charge is 1.99. The minimum Gasteiger partial charge on any atom is -0.394 e. The number of hydrogen-bond donors (Lipinski definition) is 3. The normalized spacial score (nSPS) is 11.6. The van der Waals surface area contributed by atoms with E-state index in [9.17, 15) is 4.79 Å². The number of nitrogens with one attached hydrogen (secondary N) is 3. The SMILES string of the molecule is CCN/C(=C/C=C\NC)COCC(=O)NC. The molecule has 0 aliphatic carbocycles. The number of rotatable bonds is 8. The fourth-order valence-corrected chi connectivity index (χ4v) is 0.971. The van der Waals surface area contributed by atoms with Crippen molar-refractivity contribution in [2.75, 3.05) is 33.9 Å². The first-order valence-corrected chi connectivity index (χ1v) is 5.29. The van der Waals surface area contributed by atoms with Crippen LogP contribution in [0, 0.1) is 0 Å². The lowest BCUT2D eigenvalue weighted by Gasteiger charge is -2.08. The van der Waals surface area contributed by atoms with Crippen LogP contribution in [-0.2, 0) is 9.53 Å². The molecule has 0 rings (SSSR count). The molecule has 0 aliphatic rings. The predicted molar refractivity (Wildman–Crippen MR) is 64.8 cm³/mol. The van der Waals surface area contributed by atoms with Gasteiger partial charge >= 0.3 is 0 Å². The van der Waals surface area contributed by atoms with Gasteiger partial charge in [-0.1, -0.05) is 0 Å². The molecule has 0 heterocycles. The summed E-state index contributed by atoms with van der Waals surface area (Å²) in [5.41, 5.74) is 0.943. The minimum atomic E-state index is -0.124. The van der Waals surface area contributed by atoms with E-state index < -0.39 is 0 Å². The van der Waals surface area contributed by atoms with Crippen LogP contribution in [0.4, 0.5) is 0 Å². The third-order valence-corrected chi connectivity index (χ3v) is 1.73. The topological polar surface area (TPSA) is 62.4 Å². The van der Waals surface area contributed by atoms with Crippen LogP contribution >= 0.6 is 0 Å². The van der Waals surface area contributed by atoms with Gasteiger partial charge in [0, 0.05) is 26.3 Å². The van der Waals surface area contributed by atoms with Crippen LogP contribution in [0.5, 0.6) is 0 Å². The Bertz CT molecular complexity index is 250. The quantitative estimate of drug-likeness (QED) is 0.510. The number of hydrogen-bond acceptors (Lipinski definition) is 4. The summed E-state index contributed by atoms with van der Waals surface area (Å²) in [6, 6.07) is 0. The molecule has 0 fully saturated rings. The zero-order chi connectivity index (χ0) is 12.2. The Kier molecular flexibility index (Phi) is 9.11. The Morgan fingerprint density at radius 2 is 2.06 bits per heavy atom. The molecule has 0 atom stereocenters. The van der Waals surface area contributed by atoms with E-state index in [2.05, 4.69) is 16.0 Å². The summed E-state index contributed by atoms with van der Waals surface area (Å²) in [7, 11) is 3.42. The third kappa shape index (κ3) is 7.87. The van der Waals surface area contributed by atoms with Gasteiger partial charge in [-0.2, -0.15) is 0 Å². The lowest BCUT2D eigenvalue weighted by molar-refractivity contribution is -0.124. The van der Waals surface area contributed by atoms with E-state index in [0.717, 1.165) is 12.2 Å². The van der Waals surface area contributed by atoms with E-state index in [1.54, 1.807) is 7.05 Å². The average molecular weight is 227 g/mol. The molecule has 0 saturated heterocycles. The summed E-state index contributed by atoms with van der Waals surface area (Å²) in [5.74, 6) is -0.124. The van der Waals surface area contributed by atoms with Crippen LogP contribution in [0.25, 0.3) is 0 Å². The number of likely N-dealkylation sites (N-methyl/N-ethyl adjacent to an activating group) is 2. The van der Waals surface area contributed by atoms with Crippen molar-refractivity contribution in [1.29, 1.82) is 0 Å². The van der Waals surface area contributed by atoms with E-state index in [1.807, 2.05) is 32.3 Å². The predicted octanol–water partition coefficient (Wildman–Crippen LogP) is -0.0245. The summed E-state index contributed by atoms with van der Waals surface area (Å²) in [6.07, 6.45) is 5.60. The van der Waals surface area contributed by atoms with Gasteiger partial charge in [0.1, 0.15) is 6.61 Å². The summed E-state index contributed by atoms with van der Waals surface area (Å²) in [4.78, 5) is 10.9. The fourth-order valence-electron chi connectivity index (χ4n) is 0.971. The molecule has 5 nitrogen and oxygen atoms in total. The van der Waals surface area contributed by atoms with E-state index in [4.69, 9.17) is 4.74 Å². The molecule has 1 amide bonds. The molecule has 0 unspecified atom stereocenters. The van der Waals surface area contributed by atoms with Gasteiger partial charge in [0.2, 0.25) is 5.91 Å². The summed E-state index contributed by atoms with van der Waals surface area (Å²) < 4.78 is 5.23. The molecule has 0 saturated carbocycles. The van der Waals surface area contributed by atoms with Gasteiger partial charge in [0.15, 0.2) is 0 Å². The molecule has 5 heteroatoms. The second-order valence-electron chi connectivity index (χ2n) is 3.04.